The predicted octanol–water partition coefficient (Wildman–Crippen LogP) is 4.30. The van der Waals surface area contributed by atoms with Crippen molar-refractivity contribution in [3.63, 3.8) is 0 Å². The third kappa shape index (κ3) is 4.85. The molecule has 3 nitrogen and oxygen atoms in total. The molecule has 0 bridgehead atoms. The first-order valence-electron chi connectivity index (χ1n) is 7.73. The van der Waals surface area contributed by atoms with Crippen molar-refractivity contribution in [1.82, 2.24) is 0 Å². The number of aliphatic carboxylic acids is 1. The Morgan fingerprint density at radius 2 is 2.18 bits per heavy atom. The molecule has 0 spiro atoms. The SMILES string of the molecule is CCC(C(=O)O)C1CC(SCc2ccc(OC)cc2)CCS1. The standard InChI is InChI=1S/C17H24O3S2/c1-3-15(17(18)19)16-10-14(8-9-21-16)22-11-12-4-6-13(20-2)7-5-12/h4-7,14-16H,3,8-11H2,1-2H3,(H,18,19). The van der Waals surface area contributed by atoms with E-state index in [0.29, 0.717) is 5.25 Å². The van der Waals surface area contributed by atoms with E-state index < -0.39 is 5.97 Å². The second-order valence-electron chi connectivity index (χ2n) is 5.57. The van der Waals surface area contributed by atoms with Crippen LogP contribution in [-0.2, 0) is 10.5 Å². The van der Waals surface area contributed by atoms with Crippen molar-refractivity contribution in [2.24, 2.45) is 5.92 Å². The first-order valence-corrected chi connectivity index (χ1v) is 9.82. The number of carboxylic acids is 1. The molecule has 0 amide bonds. The fourth-order valence-electron chi connectivity index (χ4n) is 2.76. The van der Waals surface area contributed by atoms with E-state index in [0.717, 1.165) is 30.1 Å². The second-order valence-corrected chi connectivity index (χ2v) is 8.20. The van der Waals surface area contributed by atoms with Gasteiger partial charge < -0.3 is 9.84 Å². The van der Waals surface area contributed by atoms with Crippen LogP contribution in [0.25, 0.3) is 0 Å². The van der Waals surface area contributed by atoms with Crippen molar-refractivity contribution in [2.75, 3.05) is 12.9 Å². The summed E-state index contributed by atoms with van der Waals surface area (Å²) in [7, 11) is 1.68. The average molecular weight is 341 g/mol. The monoisotopic (exact) mass is 340 g/mol. The Labute approximate surface area is 141 Å². The van der Waals surface area contributed by atoms with Gasteiger partial charge in [-0.25, -0.2) is 0 Å². The smallest absolute Gasteiger partial charge is 0.307 e. The van der Waals surface area contributed by atoms with Crippen molar-refractivity contribution < 1.29 is 14.6 Å². The van der Waals surface area contributed by atoms with E-state index in [2.05, 4.69) is 12.1 Å². The van der Waals surface area contributed by atoms with Crippen LogP contribution in [0.5, 0.6) is 5.75 Å². The minimum Gasteiger partial charge on any atom is -0.497 e. The van der Waals surface area contributed by atoms with E-state index in [4.69, 9.17) is 4.74 Å². The van der Waals surface area contributed by atoms with Crippen LogP contribution >= 0.6 is 23.5 Å². The predicted molar refractivity (Wildman–Crippen MR) is 95.0 cm³/mol. The highest BCUT2D eigenvalue weighted by molar-refractivity contribution is 8.01. The lowest BCUT2D eigenvalue weighted by Gasteiger charge is -2.31. The van der Waals surface area contributed by atoms with Gasteiger partial charge in [0.1, 0.15) is 5.75 Å². The molecule has 122 valence electrons. The molecule has 5 heteroatoms. The van der Waals surface area contributed by atoms with Gasteiger partial charge in [0.25, 0.3) is 0 Å². The van der Waals surface area contributed by atoms with Crippen LogP contribution in [0.15, 0.2) is 24.3 Å². The highest BCUT2D eigenvalue weighted by Gasteiger charge is 2.32. The van der Waals surface area contributed by atoms with Crippen LogP contribution in [0.2, 0.25) is 0 Å². The molecule has 0 aliphatic carbocycles. The van der Waals surface area contributed by atoms with Gasteiger partial charge in [-0.05, 0) is 42.7 Å². The Kier molecular flexibility index (Phi) is 6.96. The van der Waals surface area contributed by atoms with Gasteiger partial charge in [0, 0.05) is 16.3 Å². The zero-order valence-electron chi connectivity index (χ0n) is 13.2. The van der Waals surface area contributed by atoms with Gasteiger partial charge in [0.15, 0.2) is 0 Å². The minimum absolute atomic E-state index is 0.200. The van der Waals surface area contributed by atoms with Crippen molar-refractivity contribution in [2.45, 2.75) is 42.4 Å². The highest BCUT2D eigenvalue weighted by Crippen LogP contribution is 2.38. The Bertz CT molecular complexity index is 475. The summed E-state index contributed by atoms with van der Waals surface area (Å²) in [5, 5.41) is 10.2. The zero-order chi connectivity index (χ0) is 15.9. The van der Waals surface area contributed by atoms with E-state index in [1.54, 1.807) is 7.11 Å². The lowest BCUT2D eigenvalue weighted by molar-refractivity contribution is -0.141. The molecule has 22 heavy (non-hydrogen) atoms. The number of hydrogen-bond donors (Lipinski definition) is 1. The van der Waals surface area contributed by atoms with E-state index in [1.807, 2.05) is 42.6 Å². The van der Waals surface area contributed by atoms with Crippen molar-refractivity contribution in [3.8, 4) is 5.75 Å². The normalized spacial score (nSPS) is 23.0. The maximum absolute atomic E-state index is 11.3. The van der Waals surface area contributed by atoms with Gasteiger partial charge in [0.05, 0.1) is 13.0 Å². The van der Waals surface area contributed by atoms with Crippen molar-refractivity contribution in [1.29, 1.82) is 0 Å². The summed E-state index contributed by atoms with van der Waals surface area (Å²) in [5.74, 6) is 2.11. The molecule has 3 atom stereocenters. The summed E-state index contributed by atoms with van der Waals surface area (Å²) in [6, 6.07) is 8.19. The molecule has 1 N–H and O–H groups in total. The fraction of sp³-hybridized carbons (Fsp3) is 0.588. The topological polar surface area (TPSA) is 46.5 Å². The molecule has 1 saturated heterocycles. The number of methoxy groups -OCH3 is 1. The average Bonchev–Trinajstić information content (AvgIpc) is 2.54. The van der Waals surface area contributed by atoms with E-state index in [-0.39, 0.29) is 11.2 Å². The van der Waals surface area contributed by atoms with Gasteiger partial charge >= 0.3 is 5.97 Å². The van der Waals surface area contributed by atoms with Gasteiger partial charge in [-0.3, -0.25) is 4.79 Å². The molecule has 1 heterocycles. The second kappa shape index (κ2) is 8.73. The first kappa shape index (κ1) is 17.5. The summed E-state index contributed by atoms with van der Waals surface area (Å²) >= 11 is 3.80. The van der Waals surface area contributed by atoms with Gasteiger partial charge in [-0.15, -0.1) is 0 Å². The molecule has 1 aromatic carbocycles. The summed E-state index contributed by atoms with van der Waals surface area (Å²) in [4.78, 5) is 11.3. The molecular formula is C17H24O3S2. The third-order valence-corrected chi connectivity index (χ3v) is 6.94. The Balaban J connectivity index is 1.85. The molecule has 1 aromatic rings. The number of hydrogen-bond acceptors (Lipinski definition) is 4. The van der Waals surface area contributed by atoms with Gasteiger partial charge in [-0.1, -0.05) is 19.1 Å². The van der Waals surface area contributed by atoms with Crippen LogP contribution in [0.3, 0.4) is 0 Å². The lowest BCUT2D eigenvalue weighted by Crippen LogP contribution is -2.31. The van der Waals surface area contributed by atoms with Crippen molar-refractivity contribution in [3.05, 3.63) is 29.8 Å². The van der Waals surface area contributed by atoms with Crippen LogP contribution in [0.1, 0.15) is 31.7 Å². The number of carbonyl (C=O) groups is 1. The highest BCUT2D eigenvalue weighted by atomic mass is 32.2. The summed E-state index contributed by atoms with van der Waals surface area (Å²) in [6.45, 7) is 1.98. The maximum Gasteiger partial charge on any atom is 0.307 e. The van der Waals surface area contributed by atoms with Crippen LogP contribution in [0, 0.1) is 5.92 Å². The summed E-state index contributed by atoms with van der Waals surface area (Å²) < 4.78 is 5.17. The molecule has 1 aliphatic rings. The van der Waals surface area contributed by atoms with E-state index >= 15 is 0 Å². The number of benzene rings is 1. The molecule has 1 fully saturated rings. The Morgan fingerprint density at radius 1 is 1.45 bits per heavy atom. The fourth-order valence-corrected chi connectivity index (χ4v) is 5.91. The Hall–Kier alpha value is -0.810. The van der Waals surface area contributed by atoms with E-state index in [9.17, 15) is 9.90 Å². The number of thioether (sulfide) groups is 2. The Morgan fingerprint density at radius 3 is 2.77 bits per heavy atom. The minimum atomic E-state index is -0.638. The molecule has 2 rings (SSSR count). The van der Waals surface area contributed by atoms with Crippen molar-refractivity contribution >= 4 is 29.5 Å². The number of carboxylic acid groups (broad SMARTS) is 1. The molecular weight excluding hydrogens is 316 g/mol. The quantitative estimate of drug-likeness (QED) is 0.802. The summed E-state index contributed by atoms with van der Waals surface area (Å²) in [5.41, 5.74) is 1.30. The third-order valence-electron chi connectivity index (χ3n) is 4.12. The van der Waals surface area contributed by atoms with Crippen LogP contribution < -0.4 is 4.74 Å². The number of ether oxygens (including phenoxy) is 1. The number of rotatable bonds is 7. The van der Waals surface area contributed by atoms with Gasteiger partial charge in [-0.2, -0.15) is 23.5 Å². The van der Waals surface area contributed by atoms with Crippen LogP contribution in [-0.4, -0.2) is 34.4 Å². The van der Waals surface area contributed by atoms with E-state index in [1.165, 1.54) is 12.0 Å². The summed E-state index contributed by atoms with van der Waals surface area (Å²) in [6.07, 6.45) is 2.91. The molecule has 3 unspecified atom stereocenters. The maximum atomic E-state index is 11.3. The van der Waals surface area contributed by atoms with Gasteiger partial charge in [0.2, 0.25) is 0 Å². The van der Waals surface area contributed by atoms with Crippen LogP contribution in [0.4, 0.5) is 0 Å². The first-order chi connectivity index (χ1) is 10.6. The molecule has 0 radical (unpaired) electrons. The zero-order valence-corrected chi connectivity index (χ0v) is 14.8. The molecule has 1 aliphatic heterocycles. The largest absolute Gasteiger partial charge is 0.497 e. The molecule has 0 saturated carbocycles. The lowest BCUT2D eigenvalue weighted by atomic mass is 9.97. The molecule has 0 aromatic heterocycles.